The number of hydrogen-bond donors (Lipinski definition) is 1. The molecule has 3 aromatic rings. The van der Waals surface area contributed by atoms with E-state index in [0.29, 0.717) is 11.3 Å². The number of rotatable bonds is 2. The number of carbonyl (C=O) groups is 1. The Bertz CT molecular complexity index is 830. The second-order valence-corrected chi connectivity index (χ2v) is 4.71. The maximum absolute atomic E-state index is 11.0. The molecular formula is C14H13N3O3. The molecule has 0 aliphatic rings. The maximum Gasteiger partial charge on any atom is 0.375 e. The highest BCUT2D eigenvalue weighted by Crippen LogP contribution is 2.27. The Balaban J connectivity index is 2.17. The molecule has 0 fully saturated rings. The van der Waals surface area contributed by atoms with Gasteiger partial charge in [0, 0.05) is 18.2 Å². The number of aromatic nitrogens is 3. The first-order valence-electron chi connectivity index (χ1n) is 6.12. The normalized spacial score (nSPS) is 11.2. The third kappa shape index (κ3) is 1.69. The van der Waals surface area contributed by atoms with Gasteiger partial charge in [-0.15, -0.1) is 0 Å². The number of carboxylic acid groups (broad SMARTS) is 1. The molecule has 0 saturated carbocycles. The van der Waals surface area contributed by atoms with Gasteiger partial charge in [0.05, 0.1) is 11.0 Å². The van der Waals surface area contributed by atoms with Crippen molar-refractivity contribution in [3.63, 3.8) is 0 Å². The zero-order valence-corrected chi connectivity index (χ0v) is 11.3. The van der Waals surface area contributed by atoms with Crippen LogP contribution in [0, 0.1) is 13.8 Å². The van der Waals surface area contributed by atoms with Gasteiger partial charge in [-0.25, -0.2) is 9.78 Å². The van der Waals surface area contributed by atoms with E-state index in [9.17, 15) is 4.79 Å². The minimum atomic E-state index is -1.11. The smallest absolute Gasteiger partial charge is 0.375 e. The standard InChI is InChI=1S/C14H13N3O3/c1-7-12(16-20-13(7)14(18)19)9-4-5-11-10(6-9)15-8(2)17(11)3/h4-6H,1-3H3,(H,18,19). The van der Waals surface area contributed by atoms with Crippen LogP contribution in [-0.4, -0.2) is 25.8 Å². The van der Waals surface area contributed by atoms with Crippen LogP contribution in [0.25, 0.3) is 22.3 Å². The molecule has 2 heterocycles. The first-order valence-corrected chi connectivity index (χ1v) is 6.12. The molecule has 6 heteroatoms. The Morgan fingerprint density at radius 1 is 1.35 bits per heavy atom. The van der Waals surface area contributed by atoms with Crippen molar-refractivity contribution in [2.24, 2.45) is 7.05 Å². The highest BCUT2D eigenvalue weighted by molar-refractivity contribution is 5.89. The van der Waals surface area contributed by atoms with E-state index >= 15 is 0 Å². The van der Waals surface area contributed by atoms with Gasteiger partial charge < -0.3 is 14.2 Å². The first-order chi connectivity index (χ1) is 9.49. The summed E-state index contributed by atoms with van der Waals surface area (Å²) in [6.07, 6.45) is 0. The van der Waals surface area contributed by atoms with E-state index in [0.717, 1.165) is 22.4 Å². The van der Waals surface area contributed by atoms with Crippen LogP contribution in [0.2, 0.25) is 0 Å². The van der Waals surface area contributed by atoms with Crippen LogP contribution in [0.4, 0.5) is 0 Å². The topological polar surface area (TPSA) is 81.2 Å². The summed E-state index contributed by atoms with van der Waals surface area (Å²) in [4.78, 5) is 15.4. The van der Waals surface area contributed by atoms with Gasteiger partial charge in [-0.3, -0.25) is 0 Å². The van der Waals surface area contributed by atoms with Crippen molar-refractivity contribution < 1.29 is 14.4 Å². The summed E-state index contributed by atoms with van der Waals surface area (Å²) in [6.45, 7) is 3.62. The third-order valence-electron chi connectivity index (χ3n) is 3.50. The SMILES string of the molecule is Cc1c(-c2ccc3c(c2)nc(C)n3C)noc1C(=O)O. The predicted molar refractivity (Wildman–Crippen MR) is 72.6 cm³/mol. The zero-order valence-electron chi connectivity index (χ0n) is 11.3. The molecule has 0 spiro atoms. The average molecular weight is 271 g/mol. The molecule has 1 N–H and O–H groups in total. The molecule has 0 bridgehead atoms. The Labute approximate surface area is 114 Å². The van der Waals surface area contributed by atoms with Crippen LogP contribution in [0.3, 0.4) is 0 Å². The summed E-state index contributed by atoms with van der Waals surface area (Å²) in [5, 5.41) is 12.8. The summed E-state index contributed by atoms with van der Waals surface area (Å²) in [5.41, 5.74) is 3.72. The second-order valence-electron chi connectivity index (χ2n) is 4.71. The summed E-state index contributed by atoms with van der Waals surface area (Å²) in [6, 6.07) is 5.72. The molecule has 3 rings (SSSR count). The highest BCUT2D eigenvalue weighted by atomic mass is 16.5. The fraction of sp³-hybridized carbons (Fsp3) is 0.214. The Morgan fingerprint density at radius 2 is 2.10 bits per heavy atom. The van der Waals surface area contributed by atoms with Gasteiger partial charge in [-0.2, -0.15) is 0 Å². The highest BCUT2D eigenvalue weighted by Gasteiger charge is 2.19. The predicted octanol–water partition coefficient (Wildman–Crippen LogP) is 2.54. The molecule has 102 valence electrons. The van der Waals surface area contributed by atoms with Crippen LogP contribution >= 0.6 is 0 Å². The fourth-order valence-corrected chi connectivity index (χ4v) is 2.27. The second kappa shape index (κ2) is 4.19. The molecule has 0 aliphatic heterocycles. The molecule has 0 unspecified atom stereocenters. The van der Waals surface area contributed by atoms with Gasteiger partial charge in [0.2, 0.25) is 5.76 Å². The lowest BCUT2D eigenvalue weighted by atomic mass is 10.1. The lowest BCUT2D eigenvalue weighted by Gasteiger charge is -1.99. The van der Waals surface area contributed by atoms with Gasteiger partial charge in [0.15, 0.2) is 0 Å². The van der Waals surface area contributed by atoms with Crippen LogP contribution in [0.5, 0.6) is 0 Å². The Morgan fingerprint density at radius 3 is 2.75 bits per heavy atom. The van der Waals surface area contributed by atoms with Gasteiger partial charge in [0.1, 0.15) is 11.5 Å². The average Bonchev–Trinajstić information content (AvgIpc) is 2.91. The van der Waals surface area contributed by atoms with Crippen LogP contribution < -0.4 is 0 Å². The summed E-state index contributed by atoms with van der Waals surface area (Å²) < 4.78 is 6.87. The minimum Gasteiger partial charge on any atom is -0.475 e. The molecule has 2 aromatic heterocycles. The molecule has 0 radical (unpaired) electrons. The minimum absolute atomic E-state index is 0.128. The van der Waals surface area contributed by atoms with Gasteiger partial charge in [-0.1, -0.05) is 11.2 Å². The molecule has 0 aliphatic carbocycles. The van der Waals surface area contributed by atoms with Crippen molar-refractivity contribution in [1.82, 2.24) is 14.7 Å². The van der Waals surface area contributed by atoms with Crippen molar-refractivity contribution in [3.05, 3.63) is 35.3 Å². The molecule has 0 atom stereocenters. The Hall–Kier alpha value is -2.63. The number of aromatic carboxylic acids is 1. The number of fused-ring (bicyclic) bond motifs is 1. The van der Waals surface area contributed by atoms with Crippen LogP contribution in [0.1, 0.15) is 21.9 Å². The van der Waals surface area contributed by atoms with E-state index in [2.05, 4.69) is 10.1 Å². The van der Waals surface area contributed by atoms with Crippen molar-refractivity contribution >= 4 is 17.0 Å². The molecule has 1 aromatic carbocycles. The third-order valence-corrected chi connectivity index (χ3v) is 3.50. The largest absolute Gasteiger partial charge is 0.475 e. The molecule has 0 saturated heterocycles. The number of imidazole rings is 1. The fourth-order valence-electron chi connectivity index (χ4n) is 2.27. The van der Waals surface area contributed by atoms with Crippen molar-refractivity contribution in [1.29, 1.82) is 0 Å². The lowest BCUT2D eigenvalue weighted by Crippen LogP contribution is -1.95. The van der Waals surface area contributed by atoms with E-state index in [1.54, 1.807) is 6.92 Å². The van der Waals surface area contributed by atoms with Gasteiger partial charge >= 0.3 is 5.97 Å². The van der Waals surface area contributed by atoms with E-state index < -0.39 is 5.97 Å². The number of carboxylic acids is 1. The van der Waals surface area contributed by atoms with Crippen LogP contribution in [0.15, 0.2) is 22.7 Å². The lowest BCUT2D eigenvalue weighted by molar-refractivity contribution is 0.0651. The molecular weight excluding hydrogens is 258 g/mol. The maximum atomic E-state index is 11.0. The quantitative estimate of drug-likeness (QED) is 0.774. The van der Waals surface area contributed by atoms with E-state index in [-0.39, 0.29) is 5.76 Å². The summed E-state index contributed by atoms with van der Waals surface area (Å²) in [7, 11) is 1.95. The van der Waals surface area contributed by atoms with E-state index in [1.165, 1.54) is 0 Å². The van der Waals surface area contributed by atoms with E-state index in [1.807, 2.05) is 36.7 Å². The summed E-state index contributed by atoms with van der Waals surface area (Å²) in [5.74, 6) is -0.325. The zero-order chi connectivity index (χ0) is 14.4. The van der Waals surface area contributed by atoms with Crippen molar-refractivity contribution in [3.8, 4) is 11.3 Å². The van der Waals surface area contributed by atoms with Crippen LogP contribution in [-0.2, 0) is 7.05 Å². The number of nitrogens with zero attached hydrogens (tertiary/aromatic N) is 3. The number of aryl methyl sites for hydroxylation is 2. The van der Waals surface area contributed by atoms with Gasteiger partial charge in [0.25, 0.3) is 0 Å². The monoisotopic (exact) mass is 271 g/mol. The first kappa shape index (κ1) is 12.4. The molecule has 0 amide bonds. The number of benzene rings is 1. The van der Waals surface area contributed by atoms with Crippen molar-refractivity contribution in [2.45, 2.75) is 13.8 Å². The van der Waals surface area contributed by atoms with Gasteiger partial charge in [-0.05, 0) is 26.0 Å². The Kier molecular flexibility index (Phi) is 2.60. The van der Waals surface area contributed by atoms with E-state index in [4.69, 9.17) is 9.63 Å². The van der Waals surface area contributed by atoms with Crippen molar-refractivity contribution in [2.75, 3.05) is 0 Å². The summed E-state index contributed by atoms with van der Waals surface area (Å²) >= 11 is 0. The molecule has 6 nitrogen and oxygen atoms in total. The molecule has 20 heavy (non-hydrogen) atoms. The number of hydrogen-bond acceptors (Lipinski definition) is 4.